The predicted octanol–water partition coefficient (Wildman–Crippen LogP) is 3.39. The molecule has 4 heteroatoms. The second-order valence-electron chi connectivity index (χ2n) is 7.20. The van der Waals surface area contributed by atoms with Gasteiger partial charge in [-0.15, -0.1) is 0 Å². The zero-order chi connectivity index (χ0) is 15.8. The van der Waals surface area contributed by atoms with Crippen molar-refractivity contribution < 1.29 is 4.79 Å². The number of nitrogens with one attached hydrogen (secondary N) is 1. The minimum atomic E-state index is 0.341. The first kappa shape index (κ1) is 14.7. The second kappa shape index (κ2) is 5.99. The number of hydrogen-bond donors (Lipinski definition) is 1. The molecule has 0 aliphatic heterocycles. The standard InChI is InChI=1S/C19H25N3O/c1-22(19(23)18-13-7-2-3-8-14(13)18)12-6-11-17-20-15-9-4-5-10-16(15)21-17/h4-5,9-10,13-14,18H,2-3,6-8,11-12H2,1H3,(H,20,21). The molecule has 2 aliphatic rings. The summed E-state index contributed by atoms with van der Waals surface area (Å²) in [4.78, 5) is 22.5. The first-order chi connectivity index (χ1) is 11.2. The van der Waals surface area contributed by atoms with Crippen LogP contribution in [0.2, 0.25) is 0 Å². The van der Waals surface area contributed by atoms with Gasteiger partial charge in [-0.25, -0.2) is 4.98 Å². The molecule has 1 aromatic carbocycles. The van der Waals surface area contributed by atoms with Crippen molar-refractivity contribution in [1.82, 2.24) is 14.9 Å². The zero-order valence-corrected chi connectivity index (χ0v) is 13.8. The number of amides is 1. The van der Waals surface area contributed by atoms with Crippen LogP contribution in [0.3, 0.4) is 0 Å². The number of rotatable bonds is 5. The number of fused-ring (bicyclic) bond motifs is 2. The fraction of sp³-hybridized carbons (Fsp3) is 0.579. The Labute approximate surface area is 137 Å². The molecule has 1 heterocycles. The van der Waals surface area contributed by atoms with E-state index in [9.17, 15) is 4.79 Å². The number of carbonyl (C=O) groups is 1. The molecular formula is C19H25N3O. The number of benzene rings is 1. The van der Waals surface area contributed by atoms with Crippen LogP contribution in [0.4, 0.5) is 0 Å². The maximum Gasteiger partial charge on any atom is 0.226 e. The molecule has 1 amide bonds. The SMILES string of the molecule is CN(CCCc1nc2ccccc2[nH]1)C(=O)C1C2CCCCC21. The van der Waals surface area contributed by atoms with Crippen molar-refractivity contribution in [2.24, 2.45) is 17.8 Å². The summed E-state index contributed by atoms with van der Waals surface area (Å²) >= 11 is 0. The third-order valence-electron chi connectivity index (χ3n) is 5.66. The van der Waals surface area contributed by atoms with Gasteiger partial charge in [0.25, 0.3) is 0 Å². The largest absolute Gasteiger partial charge is 0.345 e. The first-order valence-electron chi connectivity index (χ1n) is 8.92. The summed E-state index contributed by atoms with van der Waals surface area (Å²) < 4.78 is 0. The van der Waals surface area contributed by atoms with E-state index in [4.69, 9.17) is 0 Å². The van der Waals surface area contributed by atoms with E-state index in [2.05, 4.69) is 16.0 Å². The molecule has 1 N–H and O–H groups in total. The lowest BCUT2D eigenvalue weighted by Crippen LogP contribution is -2.30. The van der Waals surface area contributed by atoms with Crippen LogP contribution in [0, 0.1) is 17.8 Å². The predicted molar refractivity (Wildman–Crippen MR) is 91.0 cm³/mol. The Morgan fingerprint density at radius 2 is 2.00 bits per heavy atom. The van der Waals surface area contributed by atoms with Gasteiger partial charge in [0.2, 0.25) is 5.91 Å². The number of aryl methyl sites for hydroxylation is 1. The molecule has 2 aliphatic carbocycles. The van der Waals surface area contributed by atoms with Gasteiger partial charge >= 0.3 is 0 Å². The van der Waals surface area contributed by atoms with Crippen LogP contribution in [-0.4, -0.2) is 34.4 Å². The maximum absolute atomic E-state index is 12.6. The Kier molecular flexibility index (Phi) is 3.83. The highest BCUT2D eigenvalue weighted by atomic mass is 16.2. The summed E-state index contributed by atoms with van der Waals surface area (Å²) in [5, 5.41) is 0. The van der Waals surface area contributed by atoms with Gasteiger partial charge in [0.1, 0.15) is 5.82 Å². The molecule has 2 atom stereocenters. The van der Waals surface area contributed by atoms with Crippen LogP contribution in [0.15, 0.2) is 24.3 Å². The quantitative estimate of drug-likeness (QED) is 0.920. The fourth-order valence-corrected chi connectivity index (χ4v) is 4.33. The van der Waals surface area contributed by atoms with E-state index < -0.39 is 0 Å². The van der Waals surface area contributed by atoms with Crippen molar-refractivity contribution in [2.75, 3.05) is 13.6 Å². The van der Waals surface area contributed by atoms with Crippen LogP contribution in [0.25, 0.3) is 11.0 Å². The molecule has 2 fully saturated rings. The number of H-pyrrole nitrogens is 1. The highest BCUT2D eigenvalue weighted by Gasteiger charge is 2.55. The maximum atomic E-state index is 12.6. The van der Waals surface area contributed by atoms with E-state index in [-0.39, 0.29) is 0 Å². The van der Waals surface area contributed by atoms with Gasteiger partial charge in [-0.1, -0.05) is 25.0 Å². The number of para-hydroxylation sites is 2. The number of aromatic nitrogens is 2. The van der Waals surface area contributed by atoms with E-state index >= 15 is 0 Å². The van der Waals surface area contributed by atoms with Crippen LogP contribution in [-0.2, 0) is 11.2 Å². The lowest BCUT2D eigenvalue weighted by Gasteiger charge is -2.17. The van der Waals surface area contributed by atoms with E-state index in [1.54, 1.807) is 0 Å². The number of aromatic amines is 1. The van der Waals surface area contributed by atoms with Crippen molar-refractivity contribution >= 4 is 16.9 Å². The van der Waals surface area contributed by atoms with Gasteiger partial charge in [-0.3, -0.25) is 4.79 Å². The lowest BCUT2D eigenvalue weighted by molar-refractivity contribution is -0.131. The Morgan fingerprint density at radius 3 is 2.74 bits per heavy atom. The van der Waals surface area contributed by atoms with Gasteiger partial charge in [-0.2, -0.15) is 0 Å². The zero-order valence-electron chi connectivity index (χ0n) is 13.8. The summed E-state index contributed by atoms with van der Waals surface area (Å²) in [7, 11) is 1.96. The number of carbonyl (C=O) groups excluding carboxylic acids is 1. The minimum Gasteiger partial charge on any atom is -0.345 e. The summed E-state index contributed by atoms with van der Waals surface area (Å²) in [5.74, 6) is 3.15. The molecule has 4 nitrogen and oxygen atoms in total. The smallest absolute Gasteiger partial charge is 0.226 e. The van der Waals surface area contributed by atoms with Crippen LogP contribution in [0.1, 0.15) is 37.9 Å². The lowest BCUT2D eigenvalue weighted by atomic mass is 10.0. The molecule has 2 saturated carbocycles. The molecule has 0 saturated heterocycles. The third-order valence-corrected chi connectivity index (χ3v) is 5.66. The molecule has 0 radical (unpaired) electrons. The summed E-state index contributed by atoms with van der Waals surface area (Å²) in [6.45, 7) is 0.825. The summed E-state index contributed by atoms with van der Waals surface area (Å²) in [6.07, 6.45) is 7.04. The van der Waals surface area contributed by atoms with Crippen LogP contribution in [0.5, 0.6) is 0 Å². The Hall–Kier alpha value is -1.84. The van der Waals surface area contributed by atoms with Crippen molar-refractivity contribution in [2.45, 2.75) is 38.5 Å². The van der Waals surface area contributed by atoms with Crippen molar-refractivity contribution in [3.05, 3.63) is 30.1 Å². The van der Waals surface area contributed by atoms with Gasteiger partial charge in [0, 0.05) is 25.9 Å². The van der Waals surface area contributed by atoms with E-state index in [1.165, 1.54) is 25.7 Å². The highest BCUT2D eigenvalue weighted by Crippen LogP contribution is 2.55. The van der Waals surface area contributed by atoms with Gasteiger partial charge in [0.05, 0.1) is 11.0 Å². The average molecular weight is 311 g/mol. The second-order valence-corrected chi connectivity index (χ2v) is 7.20. The minimum absolute atomic E-state index is 0.341. The number of imidazole rings is 1. The van der Waals surface area contributed by atoms with Crippen molar-refractivity contribution in [1.29, 1.82) is 0 Å². The van der Waals surface area contributed by atoms with Gasteiger partial charge in [0.15, 0.2) is 0 Å². The Morgan fingerprint density at radius 1 is 1.26 bits per heavy atom. The monoisotopic (exact) mass is 311 g/mol. The summed E-state index contributed by atoms with van der Waals surface area (Å²) in [5.41, 5.74) is 2.11. The molecule has 4 rings (SSSR count). The Bertz CT molecular complexity index is 662. The van der Waals surface area contributed by atoms with Gasteiger partial charge in [-0.05, 0) is 43.2 Å². The van der Waals surface area contributed by atoms with E-state index in [0.29, 0.717) is 23.7 Å². The number of nitrogens with zero attached hydrogens (tertiary/aromatic N) is 2. The van der Waals surface area contributed by atoms with E-state index in [1.807, 2.05) is 30.1 Å². The molecule has 23 heavy (non-hydrogen) atoms. The van der Waals surface area contributed by atoms with Crippen molar-refractivity contribution in [3.63, 3.8) is 0 Å². The summed E-state index contributed by atoms with van der Waals surface area (Å²) in [6, 6.07) is 8.11. The molecule has 1 aromatic heterocycles. The van der Waals surface area contributed by atoms with E-state index in [0.717, 1.165) is 36.2 Å². The molecular weight excluding hydrogens is 286 g/mol. The van der Waals surface area contributed by atoms with Crippen LogP contribution >= 0.6 is 0 Å². The molecule has 2 unspecified atom stereocenters. The van der Waals surface area contributed by atoms with Crippen LogP contribution < -0.4 is 0 Å². The van der Waals surface area contributed by atoms with Gasteiger partial charge < -0.3 is 9.88 Å². The normalized spacial score (nSPS) is 26.0. The fourth-order valence-electron chi connectivity index (χ4n) is 4.33. The molecule has 2 aromatic rings. The topological polar surface area (TPSA) is 49.0 Å². The highest BCUT2D eigenvalue weighted by molar-refractivity contribution is 5.82. The molecule has 0 bridgehead atoms. The Balaban J connectivity index is 1.28. The number of hydrogen-bond acceptors (Lipinski definition) is 2. The first-order valence-corrected chi connectivity index (χ1v) is 8.92. The third kappa shape index (κ3) is 2.87. The van der Waals surface area contributed by atoms with Crippen molar-refractivity contribution in [3.8, 4) is 0 Å². The average Bonchev–Trinajstić information content (AvgIpc) is 3.15. The molecule has 0 spiro atoms. The molecule has 122 valence electrons.